The maximum absolute atomic E-state index is 11.9. The van der Waals surface area contributed by atoms with Crippen molar-refractivity contribution < 1.29 is 4.79 Å². The zero-order valence-corrected chi connectivity index (χ0v) is 11.8. The Morgan fingerprint density at radius 2 is 2.00 bits per heavy atom. The van der Waals surface area contributed by atoms with Crippen LogP contribution in [0.5, 0.6) is 0 Å². The summed E-state index contributed by atoms with van der Waals surface area (Å²) in [4.78, 5) is 16.1. The fraction of sp³-hybridized carbons (Fsp3) is 0.250. The standard InChI is InChI=1S/C16H19N3O/c1-12-5-3-4-6-13(12)9-10-18-16(20)14-7-8-15(17-2)19-11-14/h3-8,11H,9-10H2,1-2H3,(H,17,19)(H,18,20). The lowest BCUT2D eigenvalue weighted by atomic mass is 10.1. The molecule has 4 heteroatoms. The van der Waals surface area contributed by atoms with Gasteiger partial charge in [-0.1, -0.05) is 24.3 Å². The molecule has 0 bridgehead atoms. The fourth-order valence-corrected chi connectivity index (χ4v) is 1.98. The summed E-state index contributed by atoms with van der Waals surface area (Å²) < 4.78 is 0. The van der Waals surface area contributed by atoms with Gasteiger partial charge in [0.15, 0.2) is 0 Å². The Kier molecular flexibility index (Phi) is 4.71. The molecule has 1 heterocycles. The molecule has 2 N–H and O–H groups in total. The molecule has 20 heavy (non-hydrogen) atoms. The van der Waals surface area contributed by atoms with E-state index in [0.29, 0.717) is 12.1 Å². The van der Waals surface area contributed by atoms with Crippen molar-refractivity contribution in [3.8, 4) is 0 Å². The summed E-state index contributed by atoms with van der Waals surface area (Å²) in [5.74, 6) is 0.662. The molecule has 1 aromatic heterocycles. The summed E-state index contributed by atoms with van der Waals surface area (Å²) in [6.45, 7) is 2.70. The fourth-order valence-electron chi connectivity index (χ4n) is 1.98. The minimum Gasteiger partial charge on any atom is -0.373 e. The number of carbonyl (C=O) groups is 1. The van der Waals surface area contributed by atoms with Crippen LogP contribution < -0.4 is 10.6 Å². The molecule has 0 saturated heterocycles. The summed E-state index contributed by atoms with van der Waals surface area (Å²) >= 11 is 0. The van der Waals surface area contributed by atoms with Crippen molar-refractivity contribution in [3.63, 3.8) is 0 Å². The quantitative estimate of drug-likeness (QED) is 0.876. The second-order valence-electron chi connectivity index (χ2n) is 4.61. The highest BCUT2D eigenvalue weighted by Crippen LogP contribution is 2.07. The number of amides is 1. The number of benzene rings is 1. The van der Waals surface area contributed by atoms with Crippen LogP contribution in [0.25, 0.3) is 0 Å². The van der Waals surface area contributed by atoms with Crippen molar-refractivity contribution in [2.75, 3.05) is 18.9 Å². The van der Waals surface area contributed by atoms with E-state index in [1.54, 1.807) is 25.4 Å². The first-order valence-electron chi connectivity index (χ1n) is 6.67. The molecule has 1 amide bonds. The summed E-state index contributed by atoms with van der Waals surface area (Å²) in [6.07, 6.45) is 2.41. The number of rotatable bonds is 5. The summed E-state index contributed by atoms with van der Waals surface area (Å²) in [7, 11) is 1.80. The zero-order chi connectivity index (χ0) is 14.4. The highest BCUT2D eigenvalue weighted by Gasteiger charge is 2.05. The third kappa shape index (κ3) is 3.57. The van der Waals surface area contributed by atoms with Gasteiger partial charge in [-0.05, 0) is 36.6 Å². The van der Waals surface area contributed by atoms with E-state index >= 15 is 0 Å². The molecule has 4 nitrogen and oxygen atoms in total. The van der Waals surface area contributed by atoms with Crippen molar-refractivity contribution in [1.29, 1.82) is 0 Å². The second kappa shape index (κ2) is 6.70. The van der Waals surface area contributed by atoms with E-state index in [4.69, 9.17) is 0 Å². The van der Waals surface area contributed by atoms with Gasteiger partial charge in [0.2, 0.25) is 0 Å². The van der Waals surface area contributed by atoms with E-state index in [9.17, 15) is 4.79 Å². The zero-order valence-electron chi connectivity index (χ0n) is 11.8. The highest BCUT2D eigenvalue weighted by molar-refractivity contribution is 5.94. The normalized spacial score (nSPS) is 10.1. The van der Waals surface area contributed by atoms with Crippen molar-refractivity contribution in [1.82, 2.24) is 10.3 Å². The first-order valence-corrected chi connectivity index (χ1v) is 6.67. The molecule has 0 atom stereocenters. The second-order valence-corrected chi connectivity index (χ2v) is 4.61. The van der Waals surface area contributed by atoms with Crippen LogP contribution in [-0.4, -0.2) is 24.5 Å². The predicted molar refractivity (Wildman–Crippen MR) is 81.0 cm³/mol. The van der Waals surface area contributed by atoms with Crippen LogP contribution in [0.3, 0.4) is 0 Å². The molecule has 2 rings (SSSR count). The molecule has 1 aromatic carbocycles. The smallest absolute Gasteiger partial charge is 0.252 e. The maximum atomic E-state index is 11.9. The number of nitrogens with one attached hydrogen (secondary N) is 2. The number of aryl methyl sites for hydroxylation is 1. The first-order chi connectivity index (χ1) is 9.70. The minimum absolute atomic E-state index is 0.0891. The molecule has 104 valence electrons. The van der Waals surface area contributed by atoms with Crippen LogP contribution in [0.4, 0.5) is 5.82 Å². The monoisotopic (exact) mass is 269 g/mol. The van der Waals surface area contributed by atoms with Crippen molar-refractivity contribution in [3.05, 3.63) is 59.3 Å². The number of carbonyl (C=O) groups excluding carboxylic acids is 1. The molecule has 0 aliphatic carbocycles. The topological polar surface area (TPSA) is 54.0 Å². The average Bonchev–Trinajstić information content (AvgIpc) is 2.49. The predicted octanol–water partition coefficient (Wildman–Crippen LogP) is 2.40. The number of hydrogen-bond donors (Lipinski definition) is 2. The lowest BCUT2D eigenvalue weighted by Crippen LogP contribution is -2.26. The highest BCUT2D eigenvalue weighted by atomic mass is 16.1. The number of aromatic nitrogens is 1. The molecular weight excluding hydrogens is 250 g/mol. The molecule has 2 aromatic rings. The summed E-state index contributed by atoms with van der Waals surface area (Å²) in [6, 6.07) is 11.8. The Morgan fingerprint density at radius 1 is 1.20 bits per heavy atom. The Bertz CT molecular complexity index is 579. The van der Waals surface area contributed by atoms with Gasteiger partial charge in [0.25, 0.3) is 5.91 Å². The molecule has 0 unspecified atom stereocenters. The minimum atomic E-state index is -0.0891. The lowest BCUT2D eigenvalue weighted by Gasteiger charge is -2.07. The van der Waals surface area contributed by atoms with Gasteiger partial charge in [-0.25, -0.2) is 4.98 Å². The first kappa shape index (κ1) is 14.1. The molecule has 0 spiro atoms. The number of anilines is 1. The Labute approximate surface area is 119 Å². The van der Waals surface area contributed by atoms with Crippen LogP contribution in [0.15, 0.2) is 42.6 Å². The van der Waals surface area contributed by atoms with Gasteiger partial charge in [-0.2, -0.15) is 0 Å². The molecule has 0 aliphatic rings. The average molecular weight is 269 g/mol. The Hall–Kier alpha value is -2.36. The van der Waals surface area contributed by atoms with Gasteiger partial charge in [0.05, 0.1) is 5.56 Å². The molecule has 0 aliphatic heterocycles. The van der Waals surface area contributed by atoms with Crippen LogP contribution in [-0.2, 0) is 6.42 Å². The Morgan fingerprint density at radius 3 is 2.65 bits per heavy atom. The molecule has 0 saturated carbocycles. The lowest BCUT2D eigenvalue weighted by molar-refractivity contribution is 0.0954. The van der Waals surface area contributed by atoms with Gasteiger partial charge >= 0.3 is 0 Å². The van der Waals surface area contributed by atoms with Crippen molar-refractivity contribution in [2.24, 2.45) is 0 Å². The van der Waals surface area contributed by atoms with Crippen LogP contribution in [0.1, 0.15) is 21.5 Å². The number of nitrogens with zero attached hydrogens (tertiary/aromatic N) is 1. The van der Waals surface area contributed by atoms with E-state index in [2.05, 4.69) is 34.7 Å². The third-order valence-corrected chi connectivity index (χ3v) is 3.22. The maximum Gasteiger partial charge on any atom is 0.252 e. The Balaban J connectivity index is 1.87. The molecule has 0 fully saturated rings. The van der Waals surface area contributed by atoms with Gasteiger partial charge in [-0.15, -0.1) is 0 Å². The van der Waals surface area contributed by atoms with Crippen molar-refractivity contribution >= 4 is 11.7 Å². The molecular formula is C16H19N3O. The van der Waals surface area contributed by atoms with E-state index in [1.165, 1.54) is 11.1 Å². The van der Waals surface area contributed by atoms with Crippen LogP contribution in [0, 0.1) is 6.92 Å². The van der Waals surface area contributed by atoms with E-state index in [1.807, 2.05) is 12.1 Å². The summed E-state index contributed by atoms with van der Waals surface area (Å²) in [5.41, 5.74) is 3.09. The van der Waals surface area contributed by atoms with Gasteiger partial charge < -0.3 is 10.6 Å². The number of pyridine rings is 1. The van der Waals surface area contributed by atoms with Gasteiger partial charge in [-0.3, -0.25) is 4.79 Å². The van der Waals surface area contributed by atoms with Crippen molar-refractivity contribution in [2.45, 2.75) is 13.3 Å². The van der Waals surface area contributed by atoms with Crippen LogP contribution >= 0.6 is 0 Å². The number of hydrogen-bond acceptors (Lipinski definition) is 3. The van der Waals surface area contributed by atoms with E-state index in [-0.39, 0.29) is 5.91 Å². The largest absolute Gasteiger partial charge is 0.373 e. The van der Waals surface area contributed by atoms with E-state index < -0.39 is 0 Å². The SMILES string of the molecule is CNc1ccc(C(=O)NCCc2ccccc2C)cn1. The third-order valence-electron chi connectivity index (χ3n) is 3.22. The van der Waals surface area contributed by atoms with E-state index in [0.717, 1.165) is 12.2 Å². The summed E-state index contributed by atoms with van der Waals surface area (Å²) in [5, 5.41) is 5.83. The van der Waals surface area contributed by atoms with Crippen LogP contribution in [0.2, 0.25) is 0 Å². The van der Waals surface area contributed by atoms with Gasteiger partial charge in [0, 0.05) is 19.8 Å². The van der Waals surface area contributed by atoms with Gasteiger partial charge in [0.1, 0.15) is 5.82 Å². The molecule has 0 radical (unpaired) electrons.